The van der Waals surface area contributed by atoms with Crippen LogP contribution in [0.1, 0.15) is 5.56 Å². The minimum Gasteiger partial charge on any atom is -0.488 e. The predicted octanol–water partition coefficient (Wildman–Crippen LogP) is 8.86. The van der Waals surface area contributed by atoms with E-state index >= 15 is 0 Å². The van der Waals surface area contributed by atoms with E-state index in [2.05, 4.69) is 24.3 Å². The third kappa shape index (κ3) is 5.21. The summed E-state index contributed by atoms with van der Waals surface area (Å²) in [7, 11) is 0. The molecule has 2 heterocycles. The van der Waals surface area contributed by atoms with Crippen molar-refractivity contribution in [3.8, 4) is 51.1 Å². The lowest BCUT2D eigenvalue weighted by Gasteiger charge is -2.13. The predicted molar refractivity (Wildman–Crippen MR) is 162 cm³/mol. The van der Waals surface area contributed by atoms with E-state index in [1.54, 1.807) is 0 Å². The Hall–Kier alpha value is -5.55. The van der Waals surface area contributed by atoms with Crippen LogP contribution >= 0.6 is 0 Å². The van der Waals surface area contributed by atoms with Crippen molar-refractivity contribution in [1.82, 2.24) is 15.0 Å². The van der Waals surface area contributed by atoms with Crippen LogP contribution in [0.25, 0.3) is 56.5 Å². The molecule has 5 heteroatoms. The molecule has 41 heavy (non-hydrogen) atoms. The number of nitrogens with zero attached hydrogens (tertiary/aromatic N) is 3. The first-order valence-electron chi connectivity index (χ1n) is 13.5. The fourth-order valence-electron chi connectivity index (χ4n) is 4.77. The van der Waals surface area contributed by atoms with Gasteiger partial charge in [0.05, 0.1) is 17.0 Å². The van der Waals surface area contributed by atoms with Crippen LogP contribution < -0.4 is 4.74 Å². The van der Waals surface area contributed by atoms with Gasteiger partial charge in [-0.25, -0.2) is 15.0 Å². The van der Waals surface area contributed by atoms with Gasteiger partial charge in [0, 0.05) is 16.7 Å². The molecule has 0 unspecified atom stereocenters. The van der Waals surface area contributed by atoms with Gasteiger partial charge in [-0.05, 0) is 42.0 Å². The summed E-state index contributed by atoms with van der Waals surface area (Å²) in [5, 5.41) is 0. The maximum absolute atomic E-state index is 6.31. The van der Waals surface area contributed by atoms with Crippen LogP contribution in [0.5, 0.6) is 5.75 Å². The monoisotopic (exact) mass is 531 g/mol. The fourth-order valence-corrected chi connectivity index (χ4v) is 4.77. The van der Waals surface area contributed by atoms with E-state index in [4.69, 9.17) is 24.1 Å². The zero-order chi connectivity index (χ0) is 27.4. The molecule has 0 atom stereocenters. The molecule has 0 saturated heterocycles. The van der Waals surface area contributed by atoms with Crippen molar-refractivity contribution >= 4 is 11.1 Å². The van der Waals surface area contributed by atoms with E-state index in [-0.39, 0.29) is 0 Å². The molecule has 0 N–H and O–H groups in total. The number of rotatable bonds is 7. The maximum atomic E-state index is 6.31. The van der Waals surface area contributed by atoms with Crippen molar-refractivity contribution in [3.05, 3.63) is 145 Å². The first-order chi connectivity index (χ1) is 20.3. The smallest absolute Gasteiger partial charge is 0.231 e. The lowest BCUT2D eigenvalue weighted by Crippen LogP contribution is -1.99. The van der Waals surface area contributed by atoms with Crippen LogP contribution in [0.2, 0.25) is 0 Å². The van der Waals surface area contributed by atoms with E-state index < -0.39 is 0 Å². The lowest BCUT2D eigenvalue weighted by atomic mass is 10.1. The minimum absolute atomic E-state index is 0.422. The van der Waals surface area contributed by atoms with Crippen LogP contribution in [0, 0.1) is 0 Å². The molecular formula is C36H25N3O2. The van der Waals surface area contributed by atoms with Gasteiger partial charge in [-0.3, -0.25) is 0 Å². The molecule has 5 aromatic carbocycles. The van der Waals surface area contributed by atoms with Crippen LogP contribution in [-0.2, 0) is 6.61 Å². The summed E-state index contributed by atoms with van der Waals surface area (Å²) in [5.74, 6) is 1.77. The van der Waals surface area contributed by atoms with Crippen molar-refractivity contribution in [2.75, 3.05) is 0 Å². The van der Waals surface area contributed by atoms with E-state index in [9.17, 15) is 0 Å². The molecular weight excluding hydrogens is 506 g/mol. The Bertz CT molecular complexity index is 1840. The molecule has 0 fully saturated rings. The summed E-state index contributed by atoms with van der Waals surface area (Å²) in [6.45, 7) is 0.422. The summed E-state index contributed by atoms with van der Waals surface area (Å²) in [6, 6.07) is 46.1. The van der Waals surface area contributed by atoms with Crippen molar-refractivity contribution in [1.29, 1.82) is 0 Å². The quantitative estimate of drug-likeness (QED) is 0.206. The zero-order valence-electron chi connectivity index (χ0n) is 22.1. The van der Waals surface area contributed by atoms with Gasteiger partial charge >= 0.3 is 0 Å². The Balaban J connectivity index is 1.36. The third-order valence-corrected chi connectivity index (χ3v) is 6.86. The summed E-state index contributed by atoms with van der Waals surface area (Å²) in [5.41, 5.74) is 7.90. The summed E-state index contributed by atoms with van der Waals surface area (Å²) >= 11 is 0. The van der Waals surface area contributed by atoms with Gasteiger partial charge < -0.3 is 9.15 Å². The van der Waals surface area contributed by atoms with E-state index in [0.717, 1.165) is 50.3 Å². The molecule has 5 nitrogen and oxygen atoms in total. The Morgan fingerprint density at radius 2 is 1.15 bits per heavy atom. The fraction of sp³-hybridized carbons (Fsp3) is 0.0278. The highest BCUT2D eigenvalue weighted by Gasteiger charge is 2.18. The van der Waals surface area contributed by atoms with Gasteiger partial charge in [-0.15, -0.1) is 0 Å². The number of para-hydroxylation sites is 2. The number of benzene rings is 5. The second kappa shape index (κ2) is 10.9. The zero-order valence-corrected chi connectivity index (χ0v) is 22.1. The highest BCUT2D eigenvalue weighted by atomic mass is 16.5. The molecule has 0 aliphatic rings. The average molecular weight is 532 g/mol. The molecule has 0 aliphatic heterocycles. The minimum atomic E-state index is 0.422. The first-order valence-corrected chi connectivity index (χ1v) is 13.5. The standard InChI is InChI=1S/C36H25N3O2/c1-4-12-25(13-5-1)24-40-33-21-20-28(22-29(33)36-39-30-18-10-11-19-34(30)41-36)35-37-31(26-14-6-2-7-15-26)23-32(38-35)27-16-8-3-9-17-27/h1-23H,24H2. The second-order valence-electron chi connectivity index (χ2n) is 9.67. The lowest BCUT2D eigenvalue weighted by molar-refractivity contribution is 0.307. The topological polar surface area (TPSA) is 61.0 Å². The van der Waals surface area contributed by atoms with Gasteiger partial charge in [0.25, 0.3) is 0 Å². The van der Waals surface area contributed by atoms with Crippen molar-refractivity contribution < 1.29 is 9.15 Å². The van der Waals surface area contributed by atoms with Crippen molar-refractivity contribution in [2.45, 2.75) is 6.61 Å². The van der Waals surface area contributed by atoms with E-state index in [1.807, 2.05) is 115 Å². The van der Waals surface area contributed by atoms with Gasteiger partial charge in [-0.1, -0.05) is 103 Å². The normalized spacial score (nSPS) is 11.0. The Morgan fingerprint density at radius 1 is 0.537 bits per heavy atom. The number of aromatic nitrogens is 3. The van der Waals surface area contributed by atoms with Crippen LogP contribution in [-0.4, -0.2) is 15.0 Å². The Morgan fingerprint density at radius 3 is 1.80 bits per heavy atom. The molecule has 196 valence electrons. The third-order valence-electron chi connectivity index (χ3n) is 6.86. The molecule has 0 amide bonds. The van der Waals surface area contributed by atoms with Crippen LogP contribution in [0.3, 0.4) is 0 Å². The largest absolute Gasteiger partial charge is 0.488 e. The molecule has 2 aromatic heterocycles. The average Bonchev–Trinajstić information content (AvgIpc) is 3.49. The molecule has 7 rings (SSSR count). The number of hydrogen-bond acceptors (Lipinski definition) is 5. The molecule has 0 aliphatic carbocycles. The summed E-state index contributed by atoms with van der Waals surface area (Å²) in [6.07, 6.45) is 0. The Labute approximate surface area is 237 Å². The number of oxazole rings is 1. The van der Waals surface area contributed by atoms with E-state index in [0.29, 0.717) is 24.1 Å². The van der Waals surface area contributed by atoms with Crippen molar-refractivity contribution in [3.63, 3.8) is 0 Å². The van der Waals surface area contributed by atoms with E-state index in [1.165, 1.54) is 0 Å². The molecule has 0 spiro atoms. The molecule has 0 radical (unpaired) electrons. The molecule has 0 bridgehead atoms. The van der Waals surface area contributed by atoms with Gasteiger partial charge in [-0.2, -0.15) is 0 Å². The first kappa shape index (κ1) is 24.5. The number of hydrogen-bond donors (Lipinski definition) is 0. The maximum Gasteiger partial charge on any atom is 0.231 e. The van der Waals surface area contributed by atoms with Gasteiger partial charge in [0.2, 0.25) is 5.89 Å². The number of fused-ring (bicyclic) bond motifs is 1. The van der Waals surface area contributed by atoms with Crippen LogP contribution in [0.15, 0.2) is 144 Å². The highest BCUT2D eigenvalue weighted by Crippen LogP contribution is 2.36. The van der Waals surface area contributed by atoms with Crippen LogP contribution in [0.4, 0.5) is 0 Å². The molecule has 0 saturated carbocycles. The summed E-state index contributed by atoms with van der Waals surface area (Å²) < 4.78 is 12.5. The number of ether oxygens (including phenoxy) is 1. The summed E-state index contributed by atoms with van der Waals surface area (Å²) in [4.78, 5) is 14.8. The SMILES string of the molecule is c1ccc(COc2ccc(-c3nc(-c4ccccc4)cc(-c4ccccc4)n3)cc2-c2nc3ccccc3o2)cc1. The highest BCUT2D eigenvalue weighted by molar-refractivity contribution is 5.80. The van der Waals surface area contributed by atoms with Crippen molar-refractivity contribution in [2.24, 2.45) is 0 Å². The second-order valence-corrected chi connectivity index (χ2v) is 9.67. The van der Waals surface area contributed by atoms with Gasteiger partial charge in [0.1, 0.15) is 17.9 Å². The molecule has 7 aromatic rings. The van der Waals surface area contributed by atoms with Gasteiger partial charge in [0.15, 0.2) is 11.4 Å². The Kier molecular flexibility index (Phi) is 6.51.